The first-order chi connectivity index (χ1) is 11.1. The Balaban J connectivity index is 1.81. The number of rotatable bonds is 3. The number of benzene rings is 2. The first-order valence-electron chi connectivity index (χ1n) is 7.08. The number of hydrogen-bond acceptors (Lipinski definition) is 3. The van der Waals surface area contributed by atoms with Crippen LogP contribution in [0.4, 0.5) is 11.4 Å². The molecular weight excluding hydrogens is 316 g/mol. The molecule has 0 unspecified atom stereocenters. The lowest BCUT2D eigenvalue weighted by atomic mass is 10.2. The summed E-state index contributed by atoms with van der Waals surface area (Å²) in [5.41, 5.74) is 1.36. The van der Waals surface area contributed by atoms with E-state index in [1.807, 2.05) is 6.07 Å². The van der Waals surface area contributed by atoms with Gasteiger partial charge in [-0.25, -0.2) is 4.90 Å². The molecule has 1 aliphatic heterocycles. The van der Waals surface area contributed by atoms with E-state index in [1.54, 1.807) is 36.4 Å². The van der Waals surface area contributed by atoms with Crippen LogP contribution >= 0.6 is 11.6 Å². The molecule has 0 bridgehead atoms. The summed E-state index contributed by atoms with van der Waals surface area (Å²) in [7, 11) is 0. The minimum atomic E-state index is -0.266. The van der Waals surface area contributed by atoms with Gasteiger partial charge >= 0.3 is 0 Å². The predicted molar refractivity (Wildman–Crippen MR) is 87.6 cm³/mol. The third kappa shape index (κ3) is 3.10. The highest BCUT2D eigenvalue weighted by Gasteiger charge is 2.31. The van der Waals surface area contributed by atoms with Crippen LogP contribution in [0.2, 0.25) is 5.02 Å². The molecule has 0 saturated carbocycles. The lowest BCUT2D eigenvalue weighted by Crippen LogP contribution is -2.28. The fraction of sp³-hybridized carbons (Fsp3) is 0.118. The van der Waals surface area contributed by atoms with Gasteiger partial charge in [0.15, 0.2) is 0 Å². The lowest BCUT2D eigenvalue weighted by Gasteiger charge is -2.16. The van der Waals surface area contributed by atoms with Gasteiger partial charge in [0.25, 0.3) is 5.91 Å². The molecule has 1 aliphatic rings. The van der Waals surface area contributed by atoms with Crippen molar-refractivity contribution >= 4 is 40.7 Å². The van der Waals surface area contributed by atoms with E-state index in [-0.39, 0.29) is 35.6 Å². The second-order valence-corrected chi connectivity index (χ2v) is 5.52. The first-order valence-corrected chi connectivity index (χ1v) is 7.46. The molecule has 1 saturated heterocycles. The number of nitrogens with one attached hydrogen (secondary N) is 1. The lowest BCUT2D eigenvalue weighted by molar-refractivity contribution is -0.121. The Labute approximate surface area is 137 Å². The summed E-state index contributed by atoms with van der Waals surface area (Å²) in [6, 6.07) is 13.5. The predicted octanol–water partition coefficient (Wildman–Crippen LogP) is 3.25. The number of hydrogen-bond donors (Lipinski definition) is 1. The molecule has 5 nitrogen and oxygen atoms in total. The van der Waals surface area contributed by atoms with Crippen LogP contribution in [0, 0.1) is 0 Å². The van der Waals surface area contributed by atoms with Crippen molar-refractivity contribution < 1.29 is 14.4 Å². The van der Waals surface area contributed by atoms with Crippen LogP contribution in [0.5, 0.6) is 0 Å². The van der Waals surface area contributed by atoms with Crippen molar-refractivity contribution in [3.05, 3.63) is 59.1 Å². The van der Waals surface area contributed by atoms with Gasteiger partial charge in [0.1, 0.15) is 0 Å². The molecule has 0 radical (unpaired) electrons. The molecule has 1 N–H and O–H groups in total. The van der Waals surface area contributed by atoms with Crippen molar-refractivity contribution in [1.82, 2.24) is 0 Å². The SMILES string of the molecule is O=C(Nc1ccc(N2C(=O)CCC2=O)c(Cl)c1)c1ccccc1. The van der Waals surface area contributed by atoms with Gasteiger partial charge in [-0.15, -0.1) is 0 Å². The van der Waals surface area contributed by atoms with Crippen LogP contribution in [0.3, 0.4) is 0 Å². The average Bonchev–Trinajstić information content (AvgIpc) is 2.88. The number of imide groups is 1. The van der Waals surface area contributed by atoms with Crippen LogP contribution in [-0.4, -0.2) is 17.7 Å². The maximum absolute atomic E-state index is 12.1. The van der Waals surface area contributed by atoms with E-state index in [2.05, 4.69) is 5.32 Å². The third-order valence-corrected chi connectivity index (χ3v) is 3.84. The molecule has 0 atom stereocenters. The number of nitrogens with zero attached hydrogens (tertiary/aromatic N) is 1. The summed E-state index contributed by atoms with van der Waals surface area (Å²) in [5, 5.41) is 2.96. The number of carbonyl (C=O) groups excluding carboxylic acids is 3. The van der Waals surface area contributed by atoms with Crippen molar-refractivity contribution in [3.63, 3.8) is 0 Å². The molecule has 1 fully saturated rings. The highest BCUT2D eigenvalue weighted by molar-refractivity contribution is 6.36. The molecule has 2 aromatic carbocycles. The Hall–Kier alpha value is -2.66. The molecule has 1 heterocycles. The van der Waals surface area contributed by atoms with Gasteiger partial charge in [-0.2, -0.15) is 0 Å². The number of halogens is 1. The van der Waals surface area contributed by atoms with Gasteiger partial charge < -0.3 is 5.32 Å². The second-order valence-electron chi connectivity index (χ2n) is 5.11. The normalized spacial score (nSPS) is 14.2. The third-order valence-electron chi connectivity index (χ3n) is 3.53. The van der Waals surface area contributed by atoms with E-state index in [4.69, 9.17) is 11.6 Å². The van der Waals surface area contributed by atoms with Crippen molar-refractivity contribution in [2.24, 2.45) is 0 Å². The van der Waals surface area contributed by atoms with E-state index in [1.165, 1.54) is 6.07 Å². The molecule has 2 aromatic rings. The monoisotopic (exact) mass is 328 g/mol. The van der Waals surface area contributed by atoms with E-state index in [9.17, 15) is 14.4 Å². The molecule has 3 amide bonds. The second kappa shape index (κ2) is 6.22. The summed E-state index contributed by atoms with van der Waals surface area (Å²) >= 11 is 6.17. The molecule has 0 aromatic heterocycles. The Morgan fingerprint density at radius 1 is 1.00 bits per heavy atom. The summed E-state index contributed by atoms with van der Waals surface area (Å²) in [6.07, 6.45) is 0.392. The Morgan fingerprint density at radius 2 is 1.65 bits per heavy atom. The fourth-order valence-corrected chi connectivity index (χ4v) is 2.67. The average molecular weight is 329 g/mol. The summed E-state index contributed by atoms with van der Waals surface area (Å²) in [4.78, 5) is 36.7. The summed E-state index contributed by atoms with van der Waals surface area (Å²) in [6.45, 7) is 0. The van der Waals surface area contributed by atoms with Gasteiger partial charge in [-0.1, -0.05) is 29.8 Å². The quantitative estimate of drug-likeness (QED) is 0.879. The van der Waals surface area contributed by atoms with Crippen LogP contribution in [-0.2, 0) is 9.59 Å². The first kappa shape index (κ1) is 15.2. The number of carbonyl (C=O) groups is 3. The minimum Gasteiger partial charge on any atom is -0.322 e. The van der Waals surface area contributed by atoms with E-state index >= 15 is 0 Å². The fourth-order valence-electron chi connectivity index (χ4n) is 2.40. The van der Waals surface area contributed by atoms with Gasteiger partial charge in [-0.05, 0) is 30.3 Å². The zero-order chi connectivity index (χ0) is 16.4. The van der Waals surface area contributed by atoms with E-state index in [0.29, 0.717) is 16.9 Å². The maximum Gasteiger partial charge on any atom is 0.255 e. The number of amides is 3. The zero-order valence-corrected chi connectivity index (χ0v) is 12.8. The van der Waals surface area contributed by atoms with Crippen LogP contribution in [0.1, 0.15) is 23.2 Å². The van der Waals surface area contributed by atoms with Crippen molar-refractivity contribution in [2.45, 2.75) is 12.8 Å². The molecule has 23 heavy (non-hydrogen) atoms. The Morgan fingerprint density at radius 3 is 2.26 bits per heavy atom. The molecule has 0 spiro atoms. The molecule has 3 rings (SSSR count). The highest BCUT2D eigenvalue weighted by Crippen LogP contribution is 2.32. The van der Waals surface area contributed by atoms with Crippen molar-refractivity contribution in [2.75, 3.05) is 10.2 Å². The number of anilines is 2. The van der Waals surface area contributed by atoms with Crippen LogP contribution in [0.25, 0.3) is 0 Å². The van der Waals surface area contributed by atoms with Gasteiger partial charge in [0.2, 0.25) is 11.8 Å². The molecular formula is C17H13ClN2O3. The van der Waals surface area contributed by atoms with Crippen LogP contribution in [0.15, 0.2) is 48.5 Å². The van der Waals surface area contributed by atoms with E-state index in [0.717, 1.165) is 4.90 Å². The Kier molecular flexibility index (Phi) is 4.12. The molecule has 6 heteroatoms. The highest BCUT2D eigenvalue weighted by atomic mass is 35.5. The maximum atomic E-state index is 12.1. The topological polar surface area (TPSA) is 66.5 Å². The van der Waals surface area contributed by atoms with Crippen LogP contribution < -0.4 is 10.2 Å². The molecule has 0 aliphatic carbocycles. The summed E-state index contributed by atoms with van der Waals surface area (Å²) in [5.74, 6) is -0.793. The smallest absolute Gasteiger partial charge is 0.255 e. The van der Waals surface area contributed by atoms with Gasteiger partial charge in [-0.3, -0.25) is 14.4 Å². The standard InChI is InChI=1S/C17H13ClN2O3/c18-13-10-12(19-17(23)11-4-2-1-3-5-11)6-7-14(13)20-15(21)8-9-16(20)22/h1-7,10H,8-9H2,(H,19,23). The largest absolute Gasteiger partial charge is 0.322 e. The minimum absolute atomic E-state index is 0.196. The van der Waals surface area contributed by atoms with Crippen molar-refractivity contribution in [3.8, 4) is 0 Å². The van der Waals surface area contributed by atoms with Gasteiger partial charge in [0, 0.05) is 24.1 Å². The molecule has 116 valence electrons. The van der Waals surface area contributed by atoms with E-state index < -0.39 is 0 Å². The Bertz CT molecular complexity index is 774. The zero-order valence-electron chi connectivity index (χ0n) is 12.1. The van der Waals surface area contributed by atoms with Crippen molar-refractivity contribution in [1.29, 1.82) is 0 Å². The van der Waals surface area contributed by atoms with Gasteiger partial charge in [0.05, 0.1) is 10.7 Å². The summed E-state index contributed by atoms with van der Waals surface area (Å²) < 4.78 is 0.